The topological polar surface area (TPSA) is 76.1 Å². The zero-order valence-electron chi connectivity index (χ0n) is 13.7. The quantitative estimate of drug-likeness (QED) is 0.634. The smallest absolute Gasteiger partial charge is 0.387 e. The molecule has 0 atom stereocenters. The molecule has 0 aliphatic heterocycles. The maximum Gasteiger partial charge on any atom is 0.387 e. The number of thioether (sulfide) groups is 1. The van der Waals surface area contributed by atoms with Crippen molar-refractivity contribution < 1.29 is 18.3 Å². The van der Waals surface area contributed by atoms with Gasteiger partial charge in [0, 0.05) is 12.2 Å². The first-order valence-electron chi connectivity index (χ1n) is 7.47. The fourth-order valence-corrected chi connectivity index (χ4v) is 3.23. The lowest BCUT2D eigenvalue weighted by molar-refractivity contribution is -0.113. The SMILES string of the molecule is CC(C)CNc1nnc(SCC(=O)Nc2ccc(OC(F)F)cc2)s1. The maximum atomic E-state index is 12.1. The fourth-order valence-electron chi connectivity index (χ4n) is 1.68. The molecular formula is C15H18F2N4O2S2. The van der Waals surface area contributed by atoms with Gasteiger partial charge in [-0.15, -0.1) is 10.2 Å². The van der Waals surface area contributed by atoms with Crippen LogP contribution in [0.25, 0.3) is 0 Å². The van der Waals surface area contributed by atoms with Crippen molar-refractivity contribution in [2.24, 2.45) is 5.92 Å². The molecule has 0 saturated heterocycles. The molecular weight excluding hydrogens is 370 g/mol. The second-order valence-electron chi connectivity index (χ2n) is 5.39. The zero-order chi connectivity index (χ0) is 18.2. The lowest BCUT2D eigenvalue weighted by Gasteiger charge is -2.07. The van der Waals surface area contributed by atoms with Crippen LogP contribution in [-0.2, 0) is 4.79 Å². The molecule has 0 saturated carbocycles. The van der Waals surface area contributed by atoms with E-state index >= 15 is 0 Å². The third-order valence-corrected chi connectivity index (χ3v) is 4.77. The van der Waals surface area contributed by atoms with Crippen LogP contribution < -0.4 is 15.4 Å². The van der Waals surface area contributed by atoms with Crippen molar-refractivity contribution in [3.05, 3.63) is 24.3 Å². The normalized spacial score (nSPS) is 11.0. The number of hydrogen-bond acceptors (Lipinski definition) is 7. The Bertz CT molecular complexity index is 680. The standard InChI is InChI=1S/C15H18F2N4O2S2/c1-9(2)7-18-14-20-21-15(25-14)24-8-12(22)19-10-3-5-11(6-4-10)23-13(16)17/h3-6,9,13H,7-8H2,1-2H3,(H,18,20)(H,19,22). The van der Waals surface area contributed by atoms with Gasteiger partial charge in [-0.1, -0.05) is 36.9 Å². The number of rotatable bonds is 9. The van der Waals surface area contributed by atoms with E-state index in [9.17, 15) is 13.6 Å². The Labute approximate surface area is 152 Å². The number of hydrogen-bond donors (Lipinski definition) is 2. The van der Waals surface area contributed by atoms with Gasteiger partial charge >= 0.3 is 6.61 Å². The van der Waals surface area contributed by atoms with E-state index in [1.807, 2.05) is 0 Å². The molecule has 1 aromatic heterocycles. The summed E-state index contributed by atoms with van der Waals surface area (Å²) in [5.41, 5.74) is 0.503. The highest BCUT2D eigenvalue weighted by molar-refractivity contribution is 8.01. The number of carbonyl (C=O) groups excluding carboxylic acids is 1. The minimum Gasteiger partial charge on any atom is -0.435 e. The summed E-state index contributed by atoms with van der Waals surface area (Å²) in [6, 6.07) is 5.73. The minimum absolute atomic E-state index is 0.0395. The van der Waals surface area contributed by atoms with Gasteiger partial charge in [-0.3, -0.25) is 4.79 Å². The molecule has 2 rings (SSSR count). The molecule has 0 spiro atoms. The van der Waals surface area contributed by atoms with Crippen LogP contribution in [0.15, 0.2) is 28.6 Å². The number of nitrogens with zero attached hydrogens (tertiary/aromatic N) is 2. The van der Waals surface area contributed by atoms with Gasteiger partial charge in [0.1, 0.15) is 5.75 Å². The van der Waals surface area contributed by atoms with Crippen molar-refractivity contribution in [2.75, 3.05) is 22.9 Å². The summed E-state index contributed by atoms with van der Waals surface area (Å²) >= 11 is 2.68. The summed E-state index contributed by atoms with van der Waals surface area (Å²) in [6.45, 7) is 2.13. The average Bonchev–Trinajstić information content (AvgIpc) is 3.00. The molecule has 136 valence electrons. The Balaban J connectivity index is 1.76. The first-order chi connectivity index (χ1) is 11.9. The Morgan fingerprint density at radius 2 is 2.00 bits per heavy atom. The van der Waals surface area contributed by atoms with Gasteiger partial charge in [0.2, 0.25) is 11.0 Å². The summed E-state index contributed by atoms with van der Waals surface area (Å²) in [6.07, 6.45) is 0. The van der Waals surface area contributed by atoms with E-state index < -0.39 is 6.61 Å². The van der Waals surface area contributed by atoms with E-state index in [1.54, 1.807) is 0 Å². The molecule has 2 aromatic rings. The first kappa shape index (κ1) is 19.4. The summed E-state index contributed by atoms with van der Waals surface area (Å²) in [5, 5.41) is 14.6. The van der Waals surface area contributed by atoms with E-state index in [0.29, 0.717) is 15.9 Å². The van der Waals surface area contributed by atoms with Gasteiger partial charge in [0.05, 0.1) is 5.75 Å². The Morgan fingerprint density at radius 3 is 2.64 bits per heavy atom. The van der Waals surface area contributed by atoms with Gasteiger partial charge in [0.25, 0.3) is 0 Å². The number of halogens is 2. The highest BCUT2D eigenvalue weighted by Crippen LogP contribution is 2.26. The largest absolute Gasteiger partial charge is 0.435 e. The molecule has 0 unspecified atom stereocenters. The second-order valence-corrected chi connectivity index (χ2v) is 7.59. The van der Waals surface area contributed by atoms with E-state index in [4.69, 9.17) is 0 Å². The van der Waals surface area contributed by atoms with E-state index in [2.05, 4.69) is 39.4 Å². The van der Waals surface area contributed by atoms with Crippen LogP contribution >= 0.6 is 23.1 Å². The van der Waals surface area contributed by atoms with Gasteiger partial charge in [0.15, 0.2) is 4.34 Å². The lowest BCUT2D eigenvalue weighted by atomic mass is 10.2. The molecule has 1 heterocycles. The Hall–Kier alpha value is -1.94. The van der Waals surface area contributed by atoms with Crippen LogP contribution in [0.3, 0.4) is 0 Å². The monoisotopic (exact) mass is 388 g/mol. The highest BCUT2D eigenvalue weighted by atomic mass is 32.2. The number of carbonyl (C=O) groups is 1. The molecule has 2 N–H and O–H groups in total. The number of ether oxygens (including phenoxy) is 1. The van der Waals surface area contributed by atoms with E-state index in [0.717, 1.165) is 11.7 Å². The number of aromatic nitrogens is 2. The summed E-state index contributed by atoms with van der Waals surface area (Å²) in [5.74, 6) is 0.494. The summed E-state index contributed by atoms with van der Waals surface area (Å²) in [4.78, 5) is 11.9. The molecule has 25 heavy (non-hydrogen) atoms. The lowest BCUT2D eigenvalue weighted by Crippen LogP contribution is -2.13. The molecule has 0 aliphatic carbocycles. The van der Waals surface area contributed by atoms with Crippen molar-refractivity contribution >= 4 is 39.8 Å². The van der Waals surface area contributed by atoms with Crippen LogP contribution in [0, 0.1) is 5.92 Å². The third-order valence-electron chi connectivity index (χ3n) is 2.76. The van der Waals surface area contributed by atoms with Crippen molar-refractivity contribution in [3.63, 3.8) is 0 Å². The number of alkyl halides is 2. The number of amides is 1. The molecule has 1 amide bonds. The Kier molecular flexibility index (Phi) is 7.38. The van der Waals surface area contributed by atoms with Crippen LogP contribution in [0.2, 0.25) is 0 Å². The van der Waals surface area contributed by atoms with Gasteiger partial charge in [-0.25, -0.2) is 0 Å². The third kappa shape index (κ3) is 7.22. The highest BCUT2D eigenvalue weighted by Gasteiger charge is 2.09. The number of benzene rings is 1. The summed E-state index contributed by atoms with van der Waals surface area (Å²) in [7, 11) is 0. The van der Waals surface area contributed by atoms with Crippen molar-refractivity contribution in [1.29, 1.82) is 0 Å². The molecule has 10 heteroatoms. The number of anilines is 2. The molecule has 0 fully saturated rings. The van der Waals surface area contributed by atoms with E-state index in [-0.39, 0.29) is 17.4 Å². The van der Waals surface area contributed by atoms with Crippen LogP contribution in [0.4, 0.5) is 19.6 Å². The van der Waals surface area contributed by atoms with Gasteiger partial charge in [-0.05, 0) is 30.2 Å². The molecule has 1 aromatic carbocycles. The van der Waals surface area contributed by atoms with E-state index in [1.165, 1.54) is 47.4 Å². The zero-order valence-corrected chi connectivity index (χ0v) is 15.3. The second kappa shape index (κ2) is 9.52. The molecule has 0 aliphatic rings. The van der Waals surface area contributed by atoms with Crippen LogP contribution in [-0.4, -0.2) is 35.0 Å². The summed E-state index contributed by atoms with van der Waals surface area (Å²) < 4.78 is 29.1. The van der Waals surface area contributed by atoms with Crippen molar-refractivity contribution in [1.82, 2.24) is 10.2 Å². The average molecular weight is 388 g/mol. The van der Waals surface area contributed by atoms with Gasteiger partial charge < -0.3 is 15.4 Å². The predicted molar refractivity (Wildman–Crippen MR) is 95.7 cm³/mol. The fraction of sp³-hybridized carbons (Fsp3) is 0.400. The van der Waals surface area contributed by atoms with Gasteiger partial charge in [-0.2, -0.15) is 8.78 Å². The van der Waals surface area contributed by atoms with Crippen LogP contribution in [0.1, 0.15) is 13.8 Å². The van der Waals surface area contributed by atoms with Crippen LogP contribution in [0.5, 0.6) is 5.75 Å². The Morgan fingerprint density at radius 1 is 1.28 bits per heavy atom. The predicted octanol–water partition coefficient (Wildman–Crippen LogP) is 3.94. The molecule has 6 nitrogen and oxygen atoms in total. The maximum absolute atomic E-state index is 12.1. The van der Waals surface area contributed by atoms with Crippen molar-refractivity contribution in [3.8, 4) is 5.75 Å². The number of nitrogens with one attached hydrogen (secondary N) is 2. The minimum atomic E-state index is -2.87. The molecule has 0 radical (unpaired) electrons. The van der Waals surface area contributed by atoms with Crippen molar-refractivity contribution in [2.45, 2.75) is 24.8 Å². The molecule has 0 bridgehead atoms. The first-order valence-corrected chi connectivity index (χ1v) is 9.27.